The fourth-order valence-electron chi connectivity index (χ4n) is 1.93. The second kappa shape index (κ2) is 8.89. The van der Waals surface area contributed by atoms with Crippen molar-refractivity contribution in [1.29, 1.82) is 0 Å². The van der Waals surface area contributed by atoms with Crippen LogP contribution in [0.5, 0.6) is 11.5 Å². The van der Waals surface area contributed by atoms with E-state index in [2.05, 4.69) is 5.32 Å². The topological polar surface area (TPSA) is 94.1 Å². The molecule has 0 bridgehead atoms. The van der Waals surface area contributed by atoms with Gasteiger partial charge in [-0.05, 0) is 24.6 Å². The molecule has 1 amide bonds. The van der Waals surface area contributed by atoms with Crippen molar-refractivity contribution in [2.75, 3.05) is 27.4 Å². The zero-order valence-electron chi connectivity index (χ0n) is 12.9. The number of nitrogens with one attached hydrogen (secondary N) is 1. The van der Waals surface area contributed by atoms with Gasteiger partial charge < -0.3 is 24.6 Å². The molecule has 1 unspecified atom stereocenters. The number of hydrogen-bond acceptors (Lipinski definition) is 5. The summed E-state index contributed by atoms with van der Waals surface area (Å²) in [4.78, 5) is 22.8. The Labute approximate surface area is 129 Å². The summed E-state index contributed by atoms with van der Waals surface area (Å²) in [5, 5.41) is 11.7. The van der Waals surface area contributed by atoms with Crippen molar-refractivity contribution in [3.8, 4) is 11.5 Å². The lowest BCUT2D eigenvalue weighted by atomic mass is 10.0. The van der Waals surface area contributed by atoms with E-state index < -0.39 is 12.0 Å². The minimum Gasteiger partial charge on any atom is -0.493 e. The van der Waals surface area contributed by atoms with Gasteiger partial charge in [0.05, 0.1) is 26.7 Å². The van der Waals surface area contributed by atoms with Crippen LogP contribution in [0.15, 0.2) is 18.2 Å². The molecule has 22 heavy (non-hydrogen) atoms. The summed E-state index contributed by atoms with van der Waals surface area (Å²) >= 11 is 0. The molecular formula is C15H21NO6. The predicted octanol–water partition coefficient (Wildman–Crippen LogP) is 1.37. The normalized spacial score (nSPS) is 11.6. The van der Waals surface area contributed by atoms with Crippen LogP contribution in [0.1, 0.15) is 24.9 Å². The molecule has 0 radical (unpaired) electrons. The smallest absolute Gasteiger partial charge is 0.305 e. The molecule has 0 aromatic heterocycles. The summed E-state index contributed by atoms with van der Waals surface area (Å²) in [6, 6.07) is 4.33. The Hall–Kier alpha value is -2.28. The molecule has 0 aliphatic rings. The molecule has 1 aromatic carbocycles. The van der Waals surface area contributed by atoms with Crippen LogP contribution in [-0.2, 0) is 14.3 Å². The lowest BCUT2D eigenvalue weighted by molar-refractivity contribution is -0.138. The first-order chi connectivity index (χ1) is 10.5. The third-order valence-electron chi connectivity index (χ3n) is 2.96. The highest BCUT2D eigenvalue weighted by molar-refractivity contribution is 5.79. The van der Waals surface area contributed by atoms with Crippen molar-refractivity contribution >= 4 is 11.9 Å². The van der Waals surface area contributed by atoms with Gasteiger partial charge in [-0.3, -0.25) is 9.59 Å². The Morgan fingerprint density at radius 2 is 1.91 bits per heavy atom. The number of rotatable bonds is 9. The van der Waals surface area contributed by atoms with Gasteiger partial charge in [-0.15, -0.1) is 0 Å². The van der Waals surface area contributed by atoms with E-state index in [0.29, 0.717) is 23.7 Å². The third-order valence-corrected chi connectivity index (χ3v) is 2.96. The molecule has 0 fully saturated rings. The van der Waals surface area contributed by atoms with E-state index in [-0.39, 0.29) is 18.9 Å². The summed E-state index contributed by atoms with van der Waals surface area (Å²) in [6.07, 6.45) is -0.243. The van der Waals surface area contributed by atoms with Gasteiger partial charge in [0.15, 0.2) is 11.5 Å². The van der Waals surface area contributed by atoms with Gasteiger partial charge in [-0.2, -0.15) is 0 Å². The first kappa shape index (κ1) is 17.8. The van der Waals surface area contributed by atoms with Gasteiger partial charge in [0.1, 0.15) is 6.61 Å². The average molecular weight is 311 g/mol. The molecule has 2 N–H and O–H groups in total. The predicted molar refractivity (Wildman–Crippen MR) is 79.2 cm³/mol. The molecule has 1 rings (SSSR count). The Morgan fingerprint density at radius 3 is 2.45 bits per heavy atom. The maximum Gasteiger partial charge on any atom is 0.305 e. The van der Waals surface area contributed by atoms with E-state index >= 15 is 0 Å². The van der Waals surface area contributed by atoms with Crippen molar-refractivity contribution in [3.63, 3.8) is 0 Å². The second-order valence-electron chi connectivity index (χ2n) is 4.47. The van der Waals surface area contributed by atoms with Gasteiger partial charge in [0.25, 0.3) is 0 Å². The van der Waals surface area contributed by atoms with E-state index in [4.69, 9.17) is 19.3 Å². The van der Waals surface area contributed by atoms with E-state index in [1.807, 2.05) is 0 Å². The van der Waals surface area contributed by atoms with Crippen LogP contribution in [0.4, 0.5) is 0 Å². The number of aliphatic carboxylic acids is 1. The van der Waals surface area contributed by atoms with Crippen LogP contribution in [0, 0.1) is 0 Å². The van der Waals surface area contributed by atoms with Gasteiger partial charge >= 0.3 is 5.97 Å². The summed E-state index contributed by atoms with van der Waals surface area (Å²) < 4.78 is 15.3. The van der Waals surface area contributed by atoms with Gasteiger partial charge in [-0.1, -0.05) is 6.07 Å². The second-order valence-corrected chi connectivity index (χ2v) is 4.47. The number of carboxylic acid groups (broad SMARTS) is 1. The van der Waals surface area contributed by atoms with Crippen molar-refractivity contribution < 1.29 is 28.9 Å². The number of hydrogen-bond donors (Lipinski definition) is 2. The van der Waals surface area contributed by atoms with Crippen LogP contribution >= 0.6 is 0 Å². The molecule has 1 aromatic rings. The molecule has 0 spiro atoms. The first-order valence-corrected chi connectivity index (χ1v) is 6.82. The van der Waals surface area contributed by atoms with E-state index in [1.165, 1.54) is 14.2 Å². The van der Waals surface area contributed by atoms with Gasteiger partial charge in [0, 0.05) is 6.61 Å². The van der Waals surface area contributed by atoms with Crippen LogP contribution < -0.4 is 14.8 Å². The minimum atomic E-state index is -1.02. The highest BCUT2D eigenvalue weighted by Crippen LogP contribution is 2.30. The average Bonchev–Trinajstić information content (AvgIpc) is 2.51. The molecule has 7 nitrogen and oxygen atoms in total. The summed E-state index contributed by atoms with van der Waals surface area (Å²) in [5.74, 6) is -0.394. The summed E-state index contributed by atoms with van der Waals surface area (Å²) in [5.41, 5.74) is 0.616. The fourth-order valence-corrected chi connectivity index (χ4v) is 1.93. The highest BCUT2D eigenvalue weighted by Gasteiger charge is 2.19. The molecule has 0 saturated carbocycles. The maximum absolute atomic E-state index is 11.8. The largest absolute Gasteiger partial charge is 0.493 e. The Balaban J connectivity index is 2.95. The van der Waals surface area contributed by atoms with Crippen LogP contribution in [0.25, 0.3) is 0 Å². The van der Waals surface area contributed by atoms with Crippen LogP contribution in [0.3, 0.4) is 0 Å². The lowest BCUT2D eigenvalue weighted by Gasteiger charge is -2.19. The molecular weight excluding hydrogens is 290 g/mol. The third kappa shape index (κ3) is 5.25. The maximum atomic E-state index is 11.8. The number of ether oxygens (including phenoxy) is 3. The van der Waals surface area contributed by atoms with Crippen molar-refractivity contribution in [2.24, 2.45) is 0 Å². The van der Waals surface area contributed by atoms with Gasteiger partial charge in [0.2, 0.25) is 5.91 Å². The lowest BCUT2D eigenvalue weighted by Crippen LogP contribution is -2.33. The SMILES string of the molecule is CCOCC(=O)NC(CC(=O)O)c1ccc(OC)c(OC)c1. The fraction of sp³-hybridized carbons (Fsp3) is 0.467. The Bertz CT molecular complexity index is 517. The standard InChI is InChI=1S/C15H21NO6/c1-4-22-9-14(17)16-11(8-15(18)19)10-5-6-12(20-2)13(7-10)21-3/h5-7,11H,4,8-9H2,1-3H3,(H,16,17)(H,18,19). The number of carbonyl (C=O) groups excluding carboxylic acids is 1. The quantitative estimate of drug-likeness (QED) is 0.715. The molecule has 0 aliphatic heterocycles. The monoisotopic (exact) mass is 311 g/mol. The molecule has 0 heterocycles. The number of carboxylic acids is 1. The first-order valence-electron chi connectivity index (χ1n) is 6.82. The Morgan fingerprint density at radius 1 is 1.23 bits per heavy atom. The van der Waals surface area contributed by atoms with Crippen molar-refractivity contribution in [3.05, 3.63) is 23.8 Å². The Kier molecular flexibility index (Phi) is 7.18. The molecule has 122 valence electrons. The minimum absolute atomic E-state index is 0.111. The zero-order valence-corrected chi connectivity index (χ0v) is 12.9. The van der Waals surface area contributed by atoms with E-state index in [1.54, 1.807) is 25.1 Å². The van der Waals surface area contributed by atoms with Crippen molar-refractivity contribution in [1.82, 2.24) is 5.32 Å². The van der Waals surface area contributed by atoms with E-state index in [0.717, 1.165) is 0 Å². The van der Waals surface area contributed by atoms with Gasteiger partial charge in [-0.25, -0.2) is 0 Å². The molecule has 7 heteroatoms. The molecule has 1 atom stereocenters. The van der Waals surface area contributed by atoms with Crippen molar-refractivity contribution in [2.45, 2.75) is 19.4 Å². The number of benzene rings is 1. The molecule has 0 saturated heterocycles. The molecule has 0 aliphatic carbocycles. The van der Waals surface area contributed by atoms with E-state index in [9.17, 15) is 9.59 Å². The highest BCUT2D eigenvalue weighted by atomic mass is 16.5. The number of amides is 1. The summed E-state index contributed by atoms with van der Waals surface area (Å²) in [6.45, 7) is 2.07. The number of methoxy groups -OCH3 is 2. The number of carbonyl (C=O) groups is 2. The van der Waals surface area contributed by atoms with Crippen LogP contribution in [-0.4, -0.2) is 44.4 Å². The van der Waals surface area contributed by atoms with Crippen LogP contribution in [0.2, 0.25) is 0 Å². The zero-order chi connectivity index (χ0) is 16.5. The summed E-state index contributed by atoms with van der Waals surface area (Å²) in [7, 11) is 3.00.